The average molecular weight is 727 g/mol. The van der Waals surface area contributed by atoms with Crippen molar-refractivity contribution in [3.8, 4) is 5.75 Å². The van der Waals surface area contributed by atoms with Crippen molar-refractivity contribution in [2.45, 2.75) is 69.0 Å². The second-order valence-corrected chi connectivity index (χ2v) is 15.5. The van der Waals surface area contributed by atoms with Crippen molar-refractivity contribution in [1.29, 1.82) is 0 Å². The van der Waals surface area contributed by atoms with Crippen molar-refractivity contribution >= 4 is 51.3 Å². The van der Waals surface area contributed by atoms with Gasteiger partial charge in [-0.05, 0) is 109 Å². The van der Waals surface area contributed by atoms with E-state index in [0.29, 0.717) is 41.1 Å². The molecule has 11 heteroatoms. The Kier molecular flexibility index (Phi) is 10.9. The van der Waals surface area contributed by atoms with Crippen LogP contribution in [0.5, 0.6) is 5.75 Å². The maximum Gasteiger partial charge on any atom is 0.349 e. The first kappa shape index (κ1) is 35.4. The molecule has 3 aromatic heterocycles. The van der Waals surface area contributed by atoms with E-state index in [2.05, 4.69) is 57.6 Å². The number of carbonyl (C=O) groups excluding carboxylic acids is 1. The van der Waals surface area contributed by atoms with Crippen LogP contribution < -0.4 is 10.6 Å². The number of phenols is 1. The summed E-state index contributed by atoms with van der Waals surface area (Å²) in [6, 6.07) is 19.8. The standard InChI is InChI=1S/C40H46N4O5S2/c1-43(29-10-12-30(13-11-29)49-39(47)40(48,36-7-3-22-50-36)37-8-4-23-51-37)19-5-20-44-21-17-28-24-27(9-15-33(28)44)25-41-26-35(46)31-14-16-34(45)38-32(31)6-2-18-42-38/h2-4,6-9,14-17,21-24,29-30,35,41-42,45-46,48H,5,10-13,18-20,25-26H2,1H3/t29?,30?,35-/m0/s1. The van der Waals surface area contributed by atoms with Crippen LogP contribution in [0.4, 0.5) is 5.69 Å². The van der Waals surface area contributed by atoms with Crippen molar-refractivity contribution in [3.05, 3.63) is 110 Å². The summed E-state index contributed by atoms with van der Waals surface area (Å²) in [5.74, 6) is -0.384. The van der Waals surface area contributed by atoms with Gasteiger partial charge in [-0.1, -0.05) is 36.4 Å². The Balaban J connectivity index is 0.855. The zero-order chi connectivity index (χ0) is 35.4. The quantitative estimate of drug-likeness (QED) is 0.0624. The van der Waals surface area contributed by atoms with E-state index in [1.54, 1.807) is 24.3 Å². The number of nitrogens with zero attached hydrogens (tertiary/aromatic N) is 2. The molecule has 1 aliphatic heterocycles. The van der Waals surface area contributed by atoms with Gasteiger partial charge in [-0.25, -0.2) is 4.79 Å². The van der Waals surface area contributed by atoms with Gasteiger partial charge in [-0.3, -0.25) is 0 Å². The van der Waals surface area contributed by atoms with Crippen molar-refractivity contribution < 1.29 is 24.9 Å². The molecule has 2 aliphatic rings. The molecule has 2 aromatic carbocycles. The van der Waals surface area contributed by atoms with Crippen LogP contribution in [-0.2, 0) is 28.2 Å². The lowest BCUT2D eigenvalue weighted by atomic mass is 9.91. The fourth-order valence-electron chi connectivity index (χ4n) is 7.44. The number of aliphatic hydroxyl groups is 2. The first-order valence-corrected chi connectivity index (χ1v) is 19.5. The van der Waals surface area contributed by atoms with Gasteiger partial charge in [-0.2, -0.15) is 0 Å². The number of esters is 1. The topological polar surface area (TPSA) is 119 Å². The van der Waals surface area contributed by atoms with Gasteiger partial charge >= 0.3 is 5.97 Å². The van der Waals surface area contributed by atoms with Gasteiger partial charge in [0.2, 0.25) is 5.60 Å². The van der Waals surface area contributed by atoms with E-state index < -0.39 is 17.7 Å². The summed E-state index contributed by atoms with van der Waals surface area (Å²) < 4.78 is 8.28. The molecule has 1 saturated carbocycles. The van der Waals surface area contributed by atoms with Crippen LogP contribution in [0.1, 0.15) is 64.7 Å². The lowest BCUT2D eigenvalue weighted by Gasteiger charge is -2.35. The van der Waals surface area contributed by atoms with E-state index in [0.717, 1.165) is 61.9 Å². The summed E-state index contributed by atoms with van der Waals surface area (Å²) in [6.07, 6.45) is 9.73. The molecule has 51 heavy (non-hydrogen) atoms. The summed E-state index contributed by atoms with van der Waals surface area (Å²) in [7, 11) is 2.19. The van der Waals surface area contributed by atoms with Crippen molar-refractivity contribution in [2.75, 3.05) is 32.0 Å². The number of phenolic OH excluding ortho intramolecular Hbond substituents is 1. The molecule has 4 heterocycles. The number of carbonyl (C=O) groups is 1. The molecular formula is C40H46N4O5S2. The molecular weight excluding hydrogens is 681 g/mol. The molecule has 9 nitrogen and oxygen atoms in total. The number of benzene rings is 2. The lowest BCUT2D eigenvalue weighted by molar-refractivity contribution is -0.169. The number of hydrogen-bond acceptors (Lipinski definition) is 10. The van der Waals surface area contributed by atoms with Crippen LogP contribution in [0.3, 0.4) is 0 Å². The van der Waals surface area contributed by atoms with Crippen molar-refractivity contribution in [3.63, 3.8) is 0 Å². The van der Waals surface area contributed by atoms with Crippen LogP contribution in [0.15, 0.2) is 83.7 Å². The molecule has 0 radical (unpaired) electrons. The molecule has 268 valence electrons. The normalized spacial score (nSPS) is 18.1. The van der Waals surface area contributed by atoms with Gasteiger partial charge in [0.25, 0.3) is 0 Å². The largest absolute Gasteiger partial charge is 0.506 e. The van der Waals surface area contributed by atoms with Crippen molar-refractivity contribution in [1.82, 2.24) is 14.8 Å². The van der Waals surface area contributed by atoms with E-state index >= 15 is 0 Å². The van der Waals surface area contributed by atoms with Crippen LogP contribution in [0, 0.1) is 0 Å². The molecule has 0 unspecified atom stereocenters. The minimum Gasteiger partial charge on any atom is -0.506 e. The summed E-state index contributed by atoms with van der Waals surface area (Å²) >= 11 is 2.73. The number of thiophene rings is 2. The van der Waals surface area contributed by atoms with E-state index in [-0.39, 0.29) is 11.9 Å². The number of nitrogens with one attached hydrogen (secondary N) is 2. The maximum atomic E-state index is 13.4. The van der Waals surface area contributed by atoms with Gasteiger partial charge in [0, 0.05) is 49.5 Å². The summed E-state index contributed by atoms with van der Waals surface area (Å²) in [5, 5.41) is 44.2. The Morgan fingerprint density at radius 3 is 2.57 bits per heavy atom. The Labute approximate surface area is 306 Å². The van der Waals surface area contributed by atoms with Gasteiger partial charge < -0.3 is 40.2 Å². The number of ether oxygens (including phenoxy) is 1. The van der Waals surface area contributed by atoms with Crippen LogP contribution >= 0.6 is 22.7 Å². The monoisotopic (exact) mass is 726 g/mol. The Morgan fingerprint density at radius 1 is 1.08 bits per heavy atom. The number of anilines is 1. The number of aromatic nitrogens is 1. The molecule has 5 aromatic rings. The Morgan fingerprint density at radius 2 is 1.84 bits per heavy atom. The van der Waals surface area contributed by atoms with Crippen molar-refractivity contribution in [2.24, 2.45) is 0 Å². The van der Waals surface area contributed by atoms with E-state index in [4.69, 9.17) is 4.74 Å². The average Bonchev–Trinajstić information content (AvgIpc) is 3.96. The highest BCUT2D eigenvalue weighted by Gasteiger charge is 2.45. The molecule has 1 atom stereocenters. The van der Waals surface area contributed by atoms with Gasteiger partial charge in [-0.15, -0.1) is 22.7 Å². The summed E-state index contributed by atoms with van der Waals surface area (Å²) in [4.78, 5) is 17.0. The minimum atomic E-state index is -1.76. The first-order chi connectivity index (χ1) is 24.8. The molecule has 5 N–H and O–H groups in total. The first-order valence-electron chi connectivity index (χ1n) is 17.8. The molecule has 1 aliphatic carbocycles. The predicted molar refractivity (Wildman–Crippen MR) is 205 cm³/mol. The van der Waals surface area contributed by atoms with Crippen LogP contribution in [-0.4, -0.2) is 69.6 Å². The molecule has 1 fully saturated rings. The number of aliphatic hydroxyl groups excluding tert-OH is 1. The number of fused-ring (bicyclic) bond motifs is 2. The number of aromatic hydroxyl groups is 1. The molecule has 0 bridgehead atoms. The Hall–Kier alpha value is -3.97. The zero-order valence-electron chi connectivity index (χ0n) is 28.8. The number of hydrogen-bond donors (Lipinski definition) is 5. The van der Waals surface area contributed by atoms with E-state index in [9.17, 15) is 20.1 Å². The third kappa shape index (κ3) is 7.65. The molecule has 0 saturated heterocycles. The van der Waals surface area contributed by atoms with Gasteiger partial charge in [0.15, 0.2) is 0 Å². The van der Waals surface area contributed by atoms with E-state index in [1.165, 1.54) is 33.6 Å². The second kappa shape index (κ2) is 15.7. The summed E-state index contributed by atoms with van der Waals surface area (Å²) in [5.41, 5.74) is 2.92. The molecule has 0 amide bonds. The number of aryl methyl sites for hydroxylation is 1. The fourth-order valence-corrected chi connectivity index (χ4v) is 9.15. The fraction of sp³-hybridized carbons (Fsp3) is 0.375. The highest BCUT2D eigenvalue weighted by Crippen LogP contribution is 2.38. The third-order valence-corrected chi connectivity index (χ3v) is 12.3. The van der Waals surface area contributed by atoms with Crippen LogP contribution in [0.2, 0.25) is 0 Å². The Bertz CT molecular complexity index is 1910. The smallest absolute Gasteiger partial charge is 0.349 e. The molecule has 7 rings (SSSR count). The SMILES string of the molecule is CN(CCCn1ccc2cc(CNC[C@H](O)c3ccc(O)c4c3C=CCN4)ccc21)C1CCC(OC(=O)C(O)(c2cccs2)c2cccs2)CC1. The highest BCUT2D eigenvalue weighted by molar-refractivity contribution is 7.12. The number of rotatable bonds is 14. The third-order valence-electron chi connectivity index (χ3n) is 10.3. The van der Waals surface area contributed by atoms with E-state index in [1.807, 2.05) is 35.0 Å². The van der Waals surface area contributed by atoms with Gasteiger partial charge in [0.1, 0.15) is 11.9 Å². The zero-order valence-corrected chi connectivity index (χ0v) is 30.5. The highest BCUT2D eigenvalue weighted by atomic mass is 32.1. The summed E-state index contributed by atoms with van der Waals surface area (Å²) in [6.45, 7) is 3.60. The van der Waals surface area contributed by atoms with Gasteiger partial charge in [0.05, 0.1) is 21.5 Å². The molecule has 0 spiro atoms. The lowest BCUT2D eigenvalue weighted by Crippen LogP contribution is -2.42. The minimum absolute atomic E-state index is 0.190. The maximum absolute atomic E-state index is 13.4. The second-order valence-electron chi connectivity index (χ2n) is 13.6. The predicted octanol–water partition coefficient (Wildman–Crippen LogP) is 6.84. The van der Waals surface area contributed by atoms with Crippen LogP contribution in [0.25, 0.3) is 17.0 Å².